The predicted octanol–water partition coefficient (Wildman–Crippen LogP) is 4.48. The number of carbonyl (C=O) groups is 1. The highest BCUT2D eigenvalue weighted by atomic mass is 16.2. The highest BCUT2D eigenvalue weighted by Gasteiger charge is 2.36. The Morgan fingerprint density at radius 3 is 2.71 bits per heavy atom. The topological polar surface area (TPSA) is 44.7 Å². The molecule has 4 nitrogen and oxygen atoms in total. The minimum absolute atomic E-state index is 0.0759. The number of hydrogen-bond acceptors (Lipinski definition) is 3. The molecule has 1 aromatic rings. The normalized spacial score (nSPS) is 17.0. The largest absolute Gasteiger partial charge is 0.361 e. The van der Waals surface area contributed by atoms with E-state index in [0.29, 0.717) is 5.56 Å². The van der Waals surface area contributed by atoms with Crippen molar-refractivity contribution in [1.82, 2.24) is 4.90 Å². The van der Waals surface area contributed by atoms with E-state index in [4.69, 9.17) is 0 Å². The highest BCUT2D eigenvalue weighted by Crippen LogP contribution is 2.32. The van der Waals surface area contributed by atoms with Crippen molar-refractivity contribution in [2.45, 2.75) is 52.5 Å². The Morgan fingerprint density at radius 1 is 1.42 bits per heavy atom. The molecule has 0 aromatic heterocycles. The molecule has 1 aromatic carbocycles. The van der Waals surface area contributed by atoms with Gasteiger partial charge in [0.1, 0.15) is 0 Å². The van der Waals surface area contributed by atoms with Crippen LogP contribution in [-0.4, -0.2) is 35.1 Å². The highest BCUT2D eigenvalue weighted by molar-refractivity contribution is 6.10. The first-order valence-corrected chi connectivity index (χ1v) is 8.76. The van der Waals surface area contributed by atoms with E-state index < -0.39 is 0 Å². The van der Waals surface area contributed by atoms with Gasteiger partial charge < -0.3 is 10.2 Å². The van der Waals surface area contributed by atoms with Crippen LogP contribution < -0.4 is 5.32 Å². The molecule has 4 heteroatoms. The Labute approximate surface area is 145 Å². The molecular weight excluding hydrogens is 298 g/mol. The molecule has 0 saturated carbocycles. The second-order valence-corrected chi connectivity index (χ2v) is 6.92. The van der Waals surface area contributed by atoms with Gasteiger partial charge in [0.15, 0.2) is 0 Å². The van der Waals surface area contributed by atoms with Crippen LogP contribution in [0.5, 0.6) is 0 Å². The van der Waals surface area contributed by atoms with Gasteiger partial charge in [0.2, 0.25) is 0 Å². The number of amides is 1. The van der Waals surface area contributed by atoms with Crippen molar-refractivity contribution in [3.05, 3.63) is 42.1 Å². The molecule has 1 N–H and O–H groups in total. The summed E-state index contributed by atoms with van der Waals surface area (Å²) in [6.45, 7) is 13.7. The number of hydrogen-bond donors (Lipinski definition) is 1. The lowest BCUT2D eigenvalue weighted by atomic mass is 9.99. The number of nitrogens with zero attached hydrogens (tertiary/aromatic N) is 2. The molecule has 0 atom stereocenters. The van der Waals surface area contributed by atoms with Crippen LogP contribution in [0.1, 0.15) is 62.9 Å². The molecule has 0 radical (unpaired) electrons. The first-order valence-electron chi connectivity index (χ1n) is 8.76. The average Bonchev–Trinajstić information content (AvgIpc) is 2.91. The lowest BCUT2D eigenvalue weighted by Gasteiger charge is -2.32. The summed E-state index contributed by atoms with van der Waals surface area (Å²) in [7, 11) is 0. The lowest BCUT2D eigenvalue weighted by molar-refractivity contribution is 0.0653. The SMILES string of the molecule is C=CNc1c(C(=O)N2CCCC2(C)C)cccc1C(C)=NCCC. The summed E-state index contributed by atoms with van der Waals surface area (Å²) in [6, 6.07) is 5.83. The lowest BCUT2D eigenvalue weighted by Crippen LogP contribution is -2.42. The fourth-order valence-corrected chi connectivity index (χ4v) is 3.28. The summed E-state index contributed by atoms with van der Waals surface area (Å²) in [6.07, 6.45) is 4.72. The predicted molar refractivity (Wildman–Crippen MR) is 102 cm³/mol. The molecule has 1 aliphatic heterocycles. The zero-order valence-electron chi connectivity index (χ0n) is 15.4. The quantitative estimate of drug-likeness (QED) is 0.783. The van der Waals surface area contributed by atoms with Crippen molar-refractivity contribution in [2.75, 3.05) is 18.4 Å². The van der Waals surface area contributed by atoms with Crippen molar-refractivity contribution in [2.24, 2.45) is 4.99 Å². The monoisotopic (exact) mass is 327 g/mol. The van der Waals surface area contributed by atoms with E-state index >= 15 is 0 Å². The van der Waals surface area contributed by atoms with Gasteiger partial charge in [-0.3, -0.25) is 9.79 Å². The molecule has 1 aliphatic rings. The molecule has 1 amide bonds. The van der Waals surface area contributed by atoms with Crippen LogP contribution in [0.2, 0.25) is 0 Å². The number of aliphatic imine (C=N–C) groups is 1. The van der Waals surface area contributed by atoms with E-state index in [1.807, 2.05) is 30.0 Å². The van der Waals surface area contributed by atoms with Crippen LogP contribution in [0.3, 0.4) is 0 Å². The maximum atomic E-state index is 13.2. The number of carbonyl (C=O) groups excluding carboxylic acids is 1. The Bertz CT molecular complexity index is 646. The van der Waals surface area contributed by atoms with Gasteiger partial charge in [-0.15, -0.1) is 0 Å². The van der Waals surface area contributed by atoms with E-state index in [-0.39, 0.29) is 11.4 Å². The minimum Gasteiger partial charge on any atom is -0.361 e. The zero-order chi connectivity index (χ0) is 17.7. The number of nitrogens with one attached hydrogen (secondary N) is 1. The smallest absolute Gasteiger partial charge is 0.256 e. The second-order valence-electron chi connectivity index (χ2n) is 6.92. The average molecular weight is 327 g/mol. The number of benzene rings is 1. The molecule has 24 heavy (non-hydrogen) atoms. The fraction of sp³-hybridized carbons (Fsp3) is 0.500. The van der Waals surface area contributed by atoms with E-state index in [1.54, 1.807) is 6.20 Å². The van der Waals surface area contributed by atoms with Gasteiger partial charge in [0.05, 0.1) is 11.3 Å². The van der Waals surface area contributed by atoms with Gasteiger partial charge >= 0.3 is 0 Å². The minimum atomic E-state index is -0.0934. The summed E-state index contributed by atoms with van der Waals surface area (Å²) in [5.41, 5.74) is 3.30. The van der Waals surface area contributed by atoms with Crippen LogP contribution in [0.4, 0.5) is 5.69 Å². The number of rotatable bonds is 6. The molecule has 0 aliphatic carbocycles. The van der Waals surface area contributed by atoms with E-state index in [9.17, 15) is 4.79 Å². The third kappa shape index (κ3) is 3.69. The molecule has 0 unspecified atom stereocenters. The summed E-state index contributed by atoms with van der Waals surface area (Å²) in [5, 5.41) is 3.17. The first kappa shape index (κ1) is 18.2. The number of para-hydroxylation sites is 1. The maximum absolute atomic E-state index is 13.2. The van der Waals surface area contributed by atoms with Crippen LogP contribution in [0.15, 0.2) is 36.0 Å². The standard InChI is InChI=1S/C20H29N3O/c1-6-13-22-15(3)16-10-8-11-17(18(16)21-7-2)19(24)23-14-9-12-20(23,4)5/h7-8,10-11,21H,2,6,9,12-14H2,1,3-5H3. The number of likely N-dealkylation sites (tertiary alicyclic amines) is 1. The van der Waals surface area contributed by atoms with Gasteiger partial charge in [0.25, 0.3) is 5.91 Å². The maximum Gasteiger partial charge on any atom is 0.256 e. The summed E-state index contributed by atoms with van der Waals surface area (Å²) in [5.74, 6) is 0.0759. The van der Waals surface area contributed by atoms with Crippen molar-refractivity contribution in [1.29, 1.82) is 0 Å². The first-order chi connectivity index (χ1) is 11.4. The summed E-state index contributed by atoms with van der Waals surface area (Å²) < 4.78 is 0. The molecule has 0 spiro atoms. The van der Waals surface area contributed by atoms with Gasteiger partial charge in [-0.25, -0.2) is 0 Å². The van der Waals surface area contributed by atoms with Crippen LogP contribution in [0, 0.1) is 0 Å². The summed E-state index contributed by atoms with van der Waals surface area (Å²) in [4.78, 5) is 19.7. The van der Waals surface area contributed by atoms with Gasteiger partial charge in [-0.2, -0.15) is 0 Å². The van der Waals surface area contributed by atoms with Crippen molar-refractivity contribution in [3.63, 3.8) is 0 Å². The van der Waals surface area contributed by atoms with Gasteiger partial charge in [0, 0.05) is 29.9 Å². The third-order valence-corrected chi connectivity index (χ3v) is 4.65. The Morgan fingerprint density at radius 2 is 2.12 bits per heavy atom. The third-order valence-electron chi connectivity index (χ3n) is 4.65. The van der Waals surface area contributed by atoms with Crippen molar-refractivity contribution < 1.29 is 4.79 Å². The zero-order valence-corrected chi connectivity index (χ0v) is 15.4. The molecule has 2 rings (SSSR count). The molecule has 1 heterocycles. The Hall–Kier alpha value is -2.10. The van der Waals surface area contributed by atoms with Crippen LogP contribution >= 0.6 is 0 Å². The Balaban J connectivity index is 2.46. The van der Waals surface area contributed by atoms with Gasteiger partial charge in [-0.05, 0) is 52.3 Å². The molecule has 1 saturated heterocycles. The van der Waals surface area contributed by atoms with E-state index in [2.05, 4.69) is 37.7 Å². The van der Waals surface area contributed by atoms with Crippen molar-refractivity contribution >= 4 is 17.3 Å². The molecular formula is C20H29N3O. The second kappa shape index (κ2) is 7.65. The van der Waals surface area contributed by atoms with Crippen molar-refractivity contribution in [3.8, 4) is 0 Å². The summed E-state index contributed by atoms with van der Waals surface area (Å²) >= 11 is 0. The van der Waals surface area contributed by atoms with Gasteiger partial charge in [-0.1, -0.05) is 25.6 Å². The van der Waals surface area contributed by atoms with Crippen LogP contribution in [-0.2, 0) is 0 Å². The van der Waals surface area contributed by atoms with Crippen LogP contribution in [0.25, 0.3) is 0 Å². The fourth-order valence-electron chi connectivity index (χ4n) is 3.28. The van der Waals surface area contributed by atoms with E-state index in [1.165, 1.54) is 0 Å². The number of anilines is 1. The molecule has 130 valence electrons. The Kier molecular flexibility index (Phi) is 5.81. The molecule has 1 fully saturated rings. The van der Waals surface area contributed by atoms with E-state index in [0.717, 1.165) is 49.3 Å². The molecule has 0 bridgehead atoms.